The molecule has 0 aliphatic heterocycles. The molecular weight excluding hydrogens is 352 g/mol. The number of benzene rings is 2. The number of hydrogen-bond acceptors (Lipinski definition) is 3. The summed E-state index contributed by atoms with van der Waals surface area (Å²) in [4.78, 5) is 7.79. The van der Waals surface area contributed by atoms with Gasteiger partial charge in [0.15, 0.2) is 5.96 Å². The topological polar surface area (TPSA) is 84.7 Å². The largest absolute Gasteiger partial charge is 0.494 e. The Morgan fingerprint density at radius 3 is 2.71 bits per heavy atom. The first kappa shape index (κ1) is 19.6. The van der Waals surface area contributed by atoms with Gasteiger partial charge in [-0.15, -0.1) is 0 Å². The molecule has 3 rings (SSSR count). The zero-order valence-corrected chi connectivity index (χ0v) is 16.7. The first-order valence-corrected chi connectivity index (χ1v) is 9.64. The number of aromatic nitrogens is 1. The van der Waals surface area contributed by atoms with Crippen molar-refractivity contribution < 1.29 is 9.47 Å². The number of H-pyrrole nitrogens is 1. The van der Waals surface area contributed by atoms with Gasteiger partial charge in [0.25, 0.3) is 0 Å². The number of aromatic amines is 1. The fraction of sp³-hybridized carbons (Fsp3) is 0.318. The Morgan fingerprint density at radius 1 is 1.11 bits per heavy atom. The van der Waals surface area contributed by atoms with Crippen LogP contribution in [0.15, 0.2) is 47.6 Å². The van der Waals surface area contributed by atoms with Crippen LogP contribution in [-0.2, 0) is 6.42 Å². The lowest BCUT2D eigenvalue weighted by Gasteiger charge is -2.14. The molecule has 28 heavy (non-hydrogen) atoms. The van der Waals surface area contributed by atoms with Crippen molar-refractivity contribution in [3.8, 4) is 11.5 Å². The molecule has 0 fully saturated rings. The number of guanidine groups is 1. The van der Waals surface area contributed by atoms with Gasteiger partial charge in [-0.05, 0) is 56.5 Å². The SMILES string of the molecule is CCOc1ccc(OCC)c(NC(N)=NCCc2c[nH]c3cc(C)ccc23)c1. The van der Waals surface area contributed by atoms with Crippen LogP contribution in [-0.4, -0.2) is 30.7 Å². The van der Waals surface area contributed by atoms with E-state index in [1.807, 2.05) is 38.2 Å². The molecule has 6 heteroatoms. The lowest BCUT2D eigenvalue weighted by atomic mass is 10.1. The van der Waals surface area contributed by atoms with E-state index in [1.54, 1.807) is 0 Å². The van der Waals surface area contributed by atoms with Crippen LogP contribution in [0.1, 0.15) is 25.0 Å². The maximum atomic E-state index is 6.10. The minimum atomic E-state index is 0.352. The summed E-state index contributed by atoms with van der Waals surface area (Å²) in [6.07, 6.45) is 2.85. The summed E-state index contributed by atoms with van der Waals surface area (Å²) in [7, 11) is 0. The first-order chi connectivity index (χ1) is 13.6. The molecule has 0 aliphatic rings. The van der Waals surface area contributed by atoms with Crippen LogP contribution in [0, 0.1) is 6.92 Å². The number of rotatable bonds is 8. The number of aliphatic imine (C=N–C) groups is 1. The zero-order valence-electron chi connectivity index (χ0n) is 16.7. The highest BCUT2D eigenvalue weighted by molar-refractivity contribution is 5.94. The Labute approximate surface area is 165 Å². The highest BCUT2D eigenvalue weighted by atomic mass is 16.5. The third-order valence-electron chi connectivity index (χ3n) is 4.41. The number of hydrogen-bond donors (Lipinski definition) is 3. The third kappa shape index (κ3) is 4.76. The molecule has 0 atom stereocenters. The maximum absolute atomic E-state index is 6.10. The molecule has 0 saturated heterocycles. The van der Waals surface area contributed by atoms with Gasteiger partial charge in [-0.25, -0.2) is 0 Å². The number of ether oxygens (including phenoxy) is 2. The predicted octanol–water partition coefficient (Wildman–Crippen LogP) is 4.24. The average Bonchev–Trinajstić information content (AvgIpc) is 3.06. The van der Waals surface area contributed by atoms with E-state index in [-0.39, 0.29) is 0 Å². The lowest BCUT2D eigenvalue weighted by molar-refractivity contribution is 0.332. The summed E-state index contributed by atoms with van der Waals surface area (Å²) in [5.74, 6) is 1.83. The quantitative estimate of drug-likeness (QED) is 0.403. The smallest absolute Gasteiger partial charge is 0.193 e. The van der Waals surface area contributed by atoms with Crippen LogP contribution in [0.5, 0.6) is 11.5 Å². The van der Waals surface area contributed by atoms with Crippen LogP contribution in [0.4, 0.5) is 5.69 Å². The van der Waals surface area contributed by atoms with Gasteiger partial charge in [-0.2, -0.15) is 0 Å². The van der Waals surface area contributed by atoms with E-state index in [1.165, 1.54) is 16.5 Å². The normalized spacial score (nSPS) is 11.6. The van der Waals surface area contributed by atoms with E-state index in [2.05, 4.69) is 40.4 Å². The molecule has 3 aromatic rings. The van der Waals surface area contributed by atoms with Crippen molar-refractivity contribution in [1.29, 1.82) is 0 Å². The molecule has 148 valence electrons. The fourth-order valence-electron chi connectivity index (χ4n) is 3.13. The Morgan fingerprint density at radius 2 is 1.93 bits per heavy atom. The van der Waals surface area contributed by atoms with Gasteiger partial charge in [-0.1, -0.05) is 12.1 Å². The summed E-state index contributed by atoms with van der Waals surface area (Å²) < 4.78 is 11.2. The fourth-order valence-corrected chi connectivity index (χ4v) is 3.13. The number of nitrogens with two attached hydrogens (primary N) is 1. The molecule has 0 saturated carbocycles. The van der Waals surface area contributed by atoms with E-state index in [4.69, 9.17) is 15.2 Å². The molecule has 0 spiro atoms. The van der Waals surface area contributed by atoms with Gasteiger partial charge >= 0.3 is 0 Å². The van der Waals surface area contributed by atoms with E-state index in [0.717, 1.165) is 29.1 Å². The van der Waals surface area contributed by atoms with E-state index in [9.17, 15) is 0 Å². The van der Waals surface area contributed by atoms with Crippen molar-refractivity contribution in [1.82, 2.24) is 4.98 Å². The zero-order chi connectivity index (χ0) is 19.9. The second-order valence-electron chi connectivity index (χ2n) is 6.53. The number of nitrogens with one attached hydrogen (secondary N) is 2. The third-order valence-corrected chi connectivity index (χ3v) is 4.41. The van der Waals surface area contributed by atoms with Crippen molar-refractivity contribution in [2.45, 2.75) is 27.2 Å². The number of anilines is 1. The predicted molar refractivity (Wildman–Crippen MR) is 116 cm³/mol. The van der Waals surface area contributed by atoms with Crippen LogP contribution < -0.4 is 20.5 Å². The maximum Gasteiger partial charge on any atom is 0.193 e. The molecule has 0 amide bonds. The molecule has 0 aliphatic carbocycles. The first-order valence-electron chi connectivity index (χ1n) is 9.64. The molecule has 1 aromatic heterocycles. The lowest BCUT2D eigenvalue weighted by Crippen LogP contribution is -2.23. The summed E-state index contributed by atoms with van der Waals surface area (Å²) in [6, 6.07) is 12.1. The molecule has 6 nitrogen and oxygen atoms in total. The summed E-state index contributed by atoms with van der Waals surface area (Å²) in [6.45, 7) is 7.75. The number of aryl methyl sites for hydroxylation is 1. The van der Waals surface area contributed by atoms with Gasteiger partial charge in [0.2, 0.25) is 0 Å². The second-order valence-corrected chi connectivity index (χ2v) is 6.53. The van der Waals surface area contributed by atoms with E-state index < -0.39 is 0 Å². The van der Waals surface area contributed by atoms with E-state index in [0.29, 0.717) is 25.7 Å². The minimum Gasteiger partial charge on any atom is -0.494 e. The number of fused-ring (bicyclic) bond motifs is 1. The van der Waals surface area contributed by atoms with Crippen LogP contribution in [0.2, 0.25) is 0 Å². The monoisotopic (exact) mass is 380 g/mol. The molecule has 2 aromatic carbocycles. The van der Waals surface area contributed by atoms with E-state index >= 15 is 0 Å². The molecule has 0 unspecified atom stereocenters. The Hall–Kier alpha value is -3.15. The van der Waals surface area contributed by atoms with Gasteiger partial charge in [0, 0.05) is 29.7 Å². The molecule has 0 radical (unpaired) electrons. The van der Waals surface area contributed by atoms with Crippen LogP contribution in [0.25, 0.3) is 10.9 Å². The summed E-state index contributed by atoms with van der Waals surface area (Å²) in [5.41, 5.74) is 10.5. The van der Waals surface area contributed by atoms with Crippen molar-refractivity contribution in [3.05, 3.63) is 53.7 Å². The molecule has 0 bridgehead atoms. The standard InChI is InChI=1S/C22H28N4O2/c1-4-27-17-7-9-21(28-5-2)20(13-17)26-22(23)24-11-10-16-14-25-19-12-15(3)6-8-18(16)19/h6-9,12-14,25H,4-5,10-11H2,1-3H3,(H3,23,24,26). The van der Waals surface area contributed by atoms with Crippen molar-refractivity contribution in [2.24, 2.45) is 10.7 Å². The summed E-state index contributed by atoms with van der Waals surface area (Å²) in [5, 5.41) is 4.37. The van der Waals surface area contributed by atoms with Crippen molar-refractivity contribution in [3.63, 3.8) is 0 Å². The molecule has 1 heterocycles. The van der Waals surface area contributed by atoms with Crippen molar-refractivity contribution >= 4 is 22.5 Å². The Balaban J connectivity index is 1.67. The van der Waals surface area contributed by atoms with Gasteiger partial charge in [0.1, 0.15) is 11.5 Å². The van der Waals surface area contributed by atoms with Gasteiger partial charge in [0.05, 0.1) is 18.9 Å². The Bertz CT molecular complexity index is 962. The minimum absolute atomic E-state index is 0.352. The molecule has 4 N–H and O–H groups in total. The number of nitrogens with zero attached hydrogens (tertiary/aromatic N) is 1. The Kier molecular flexibility index (Phi) is 6.42. The van der Waals surface area contributed by atoms with Gasteiger partial charge < -0.3 is 25.5 Å². The van der Waals surface area contributed by atoms with Crippen LogP contribution in [0.3, 0.4) is 0 Å². The highest BCUT2D eigenvalue weighted by Crippen LogP contribution is 2.29. The second kappa shape index (κ2) is 9.17. The highest BCUT2D eigenvalue weighted by Gasteiger charge is 2.08. The van der Waals surface area contributed by atoms with Crippen LogP contribution >= 0.6 is 0 Å². The van der Waals surface area contributed by atoms with Crippen molar-refractivity contribution in [2.75, 3.05) is 25.1 Å². The van der Waals surface area contributed by atoms with Gasteiger partial charge in [-0.3, -0.25) is 4.99 Å². The molecular formula is C22H28N4O2. The average molecular weight is 380 g/mol. The summed E-state index contributed by atoms with van der Waals surface area (Å²) >= 11 is 0.